The van der Waals surface area contributed by atoms with Gasteiger partial charge in [-0.1, -0.05) is 35.9 Å². The normalized spacial score (nSPS) is 11.8. The molecule has 3 aromatic carbocycles. The van der Waals surface area contributed by atoms with E-state index in [1.807, 2.05) is 49.4 Å². The molecule has 1 atom stereocenters. The third-order valence-corrected chi connectivity index (χ3v) is 6.38. The van der Waals surface area contributed by atoms with Crippen LogP contribution in [0.15, 0.2) is 60.7 Å². The van der Waals surface area contributed by atoms with Gasteiger partial charge in [0.25, 0.3) is 0 Å². The standard InChI is InChI=1S/C30H35N3O4/c1-20-11-13-26(21(2)17-20)37-16-8-15-33-25-10-7-6-9-24(25)32-30(33)22(3)31-29(34)19-23-12-14-27(35-4)28(18-23)36-5/h6-7,9-14,17-18,22H,8,15-16,19H2,1-5H3,(H,31,34). The Hall–Kier alpha value is -4.00. The van der Waals surface area contributed by atoms with Crippen LogP contribution >= 0.6 is 0 Å². The van der Waals surface area contributed by atoms with Crippen LogP contribution in [-0.2, 0) is 17.8 Å². The molecule has 7 nitrogen and oxygen atoms in total. The zero-order valence-corrected chi connectivity index (χ0v) is 22.2. The number of ether oxygens (including phenoxy) is 3. The van der Waals surface area contributed by atoms with Crippen molar-refractivity contribution in [3.8, 4) is 17.2 Å². The number of amides is 1. The smallest absolute Gasteiger partial charge is 0.224 e. The van der Waals surface area contributed by atoms with Crippen molar-refractivity contribution in [3.05, 3.63) is 83.2 Å². The number of nitrogens with one attached hydrogen (secondary N) is 1. The first-order valence-electron chi connectivity index (χ1n) is 12.5. The Labute approximate surface area is 218 Å². The van der Waals surface area contributed by atoms with Crippen molar-refractivity contribution >= 4 is 16.9 Å². The minimum atomic E-state index is -0.264. The van der Waals surface area contributed by atoms with E-state index in [9.17, 15) is 4.79 Å². The molecule has 0 saturated heterocycles. The van der Waals surface area contributed by atoms with E-state index in [4.69, 9.17) is 19.2 Å². The fraction of sp³-hybridized carbons (Fsp3) is 0.333. The van der Waals surface area contributed by atoms with Gasteiger partial charge >= 0.3 is 0 Å². The third kappa shape index (κ3) is 6.23. The van der Waals surface area contributed by atoms with Crippen LogP contribution in [-0.4, -0.2) is 36.3 Å². The molecule has 0 fully saturated rings. The zero-order chi connectivity index (χ0) is 26.4. The minimum Gasteiger partial charge on any atom is -0.493 e. The highest BCUT2D eigenvalue weighted by molar-refractivity contribution is 5.80. The second-order valence-electron chi connectivity index (χ2n) is 9.24. The van der Waals surface area contributed by atoms with Crippen LogP contribution in [0.3, 0.4) is 0 Å². The molecule has 1 amide bonds. The second-order valence-corrected chi connectivity index (χ2v) is 9.24. The van der Waals surface area contributed by atoms with Crippen LogP contribution in [0.2, 0.25) is 0 Å². The monoisotopic (exact) mass is 501 g/mol. The molecule has 1 heterocycles. The third-order valence-electron chi connectivity index (χ3n) is 6.38. The summed E-state index contributed by atoms with van der Waals surface area (Å²) < 4.78 is 18.9. The number of benzene rings is 3. The lowest BCUT2D eigenvalue weighted by Crippen LogP contribution is -2.30. The van der Waals surface area contributed by atoms with E-state index in [1.165, 1.54) is 5.56 Å². The van der Waals surface area contributed by atoms with Gasteiger partial charge in [-0.05, 0) is 68.7 Å². The van der Waals surface area contributed by atoms with Crippen LogP contribution in [0.4, 0.5) is 0 Å². The van der Waals surface area contributed by atoms with Crippen molar-refractivity contribution < 1.29 is 19.0 Å². The van der Waals surface area contributed by atoms with E-state index in [1.54, 1.807) is 14.2 Å². The number of nitrogens with zero attached hydrogens (tertiary/aromatic N) is 2. The number of hydrogen-bond acceptors (Lipinski definition) is 5. The van der Waals surface area contributed by atoms with Gasteiger partial charge in [-0.25, -0.2) is 4.98 Å². The molecule has 1 unspecified atom stereocenters. The second kappa shape index (κ2) is 11.8. The fourth-order valence-electron chi connectivity index (χ4n) is 4.56. The lowest BCUT2D eigenvalue weighted by atomic mass is 10.1. The number of aromatic nitrogens is 2. The van der Waals surface area contributed by atoms with Crippen molar-refractivity contribution in [3.63, 3.8) is 0 Å². The summed E-state index contributed by atoms with van der Waals surface area (Å²) in [5, 5.41) is 3.12. The topological polar surface area (TPSA) is 74.6 Å². The number of aryl methyl sites for hydroxylation is 3. The number of rotatable bonds is 11. The Morgan fingerprint density at radius 2 is 1.73 bits per heavy atom. The molecule has 37 heavy (non-hydrogen) atoms. The summed E-state index contributed by atoms with van der Waals surface area (Å²) in [6.45, 7) is 7.44. The number of para-hydroxylation sites is 2. The average Bonchev–Trinajstić information content (AvgIpc) is 3.26. The van der Waals surface area contributed by atoms with Crippen LogP contribution in [0.1, 0.15) is 41.9 Å². The first-order chi connectivity index (χ1) is 17.9. The molecule has 0 bridgehead atoms. The van der Waals surface area contributed by atoms with Gasteiger partial charge in [0.15, 0.2) is 11.5 Å². The minimum absolute atomic E-state index is 0.0866. The maximum Gasteiger partial charge on any atom is 0.224 e. The zero-order valence-electron chi connectivity index (χ0n) is 22.2. The summed E-state index contributed by atoms with van der Waals surface area (Å²) in [6, 6.07) is 19.5. The SMILES string of the molecule is COc1ccc(CC(=O)NC(C)c2nc3ccccc3n2CCCOc2ccc(C)cc2C)cc1OC. The van der Waals surface area contributed by atoms with E-state index in [2.05, 4.69) is 41.9 Å². The Balaban J connectivity index is 1.43. The molecule has 0 radical (unpaired) electrons. The summed E-state index contributed by atoms with van der Waals surface area (Å²) in [7, 11) is 3.18. The number of fused-ring (bicyclic) bond motifs is 1. The van der Waals surface area contributed by atoms with E-state index < -0.39 is 0 Å². The highest BCUT2D eigenvalue weighted by Gasteiger charge is 2.19. The largest absolute Gasteiger partial charge is 0.493 e. The molecule has 0 aliphatic rings. The summed E-state index contributed by atoms with van der Waals surface area (Å²) in [5.41, 5.74) is 5.17. The molecule has 1 N–H and O–H groups in total. The van der Waals surface area contributed by atoms with Gasteiger partial charge < -0.3 is 24.1 Å². The maximum atomic E-state index is 12.9. The van der Waals surface area contributed by atoms with Crippen molar-refractivity contribution in [1.82, 2.24) is 14.9 Å². The van der Waals surface area contributed by atoms with Gasteiger partial charge in [-0.15, -0.1) is 0 Å². The lowest BCUT2D eigenvalue weighted by Gasteiger charge is -2.17. The molecular weight excluding hydrogens is 466 g/mol. The Morgan fingerprint density at radius 3 is 2.49 bits per heavy atom. The highest BCUT2D eigenvalue weighted by Crippen LogP contribution is 2.28. The molecular formula is C30H35N3O4. The molecule has 0 aliphatic carbocycles. The summed E-state index contributed by atoms with van der Waals surface area (Å²) in [4.78, 5) is 17.8. The molecule has 0 spiro atoms. The molecule has 7 heteroatoms. The summed E-state index contributed by atoms with van der Waals surface area (Å²) >= 11 is 0. The van der Waals surface area contributed by atoms with Crippen molar-refractivity contribution in [2.24, 2.45) is 0 Å². The van der Waals surface area contributed by atoms with Gasteiger partial charge in [-0.2, -0.15) is 0 Å². The van der Waals surface area contributed by atoms with Crippen LogP contribution < -0.4 is 19.5 Å². The Kier molecular flexibility index (Phi) is 8.33. The Bertz CT molecular complexity index is 1380. The molecule has 4 rings (SSSR count). The van der Waals surface area contributed by atoms with Gasteiger partial charge in [0.2, 0.25) is 5.91 Å². The Morgan fingerprint density at radius 1 is 0.973 bits per heavy atom. The van der Waals surface area contributed by atoms with E-state index >= 15 is 0 Å². The number of carbonyl (C=O) groups is 1. The first kappa shape index (κ1) is 26.1. The van der Waals surface area contributed by atoms with Gasteiger partial charge in [0, 0.05) is 6.54 Å². The molecule has 4 aromatic rings. The fourth-order valence-corrected chi connectivity index (χ4v) is 4.56. The van der Waals surface area contributed by atoms with Gasteiger partial charge in [0.1, 0.15) is 11.6 Å². The maximum absolute atomic E-state index is 12.9. The average molecular weight is 502 g/mol. The highest BCUT2D eigenvalue weighted by atomic mass is 16.5. The summed E-state index contributed by atoms with van der Waals surface area (Å²) in [6.07, 6.45) is 1.04. The van der Waals surface area contributed by atoms with E-state index in [-0.39, 0.29) is 18.4 Å². The predicted octanol–water partition coefficient (Wildman–Crippen LogP) is 5.56. The van der Waals surface area contributed by atoms with Crippen molar-refractivity contribution in [2.45, 2.75) is 46.2 Å². The van der Waals surface area contributed by atoms with Crippen LogP contribution in [0.25, 0.3) is 11.0 Å². The van der Waals surface area contributed by atoms with Gasteiger partial charge in [-0.3, -0.25) is 4.79 Å². The summed E-state index contributed by atoms with van der Waals surface area (Å²) in [5.74, 6) is 2.89. The molecule has 194 valence electrons. The van der Waals surface area contributed by atoms with E-state index in [0.29, 0.717) is 18.1 Å². The van der Waals surface area contributed by atoms with Crippen LogP contribution in [0, 0.1) is 13.8 Å². The van der Waals surface area contributed by atoms with Crippen molar-refractivity contribution in [2.75, 3.05) is 20.8 Å². The van der Waals surface area contributed by atoms with E-state index in [0.717, 1.165) is 46.7 Å². The van der Waals surface area contributed by atoms with Crippen molar-refractivity contribution in [1.29, 1.82) is 0 Å². The quantitative estimate of drug-likeness (QED) is 0.272. The predicted molar refractivity (Wildman–Crippen MR) is 146 cm³/mol. The first-order valence-corrected chi connectivity index (χ1v) is 12.5. The number of hydrogen-bond donors (Lipinski definition) is 1. The molecule has 0 aliphatic heterocycles. The number of carbonyl (C=O) groups excluding carboxylic acids is 1. The molecule has 1 aromatic heterocycles. The van der Waals surface area contributed by atoms with Crippen LogP contribution in [0.5, 0.6) is 17.2 Å². The number of methoxy groups -OCH3 is 2. The molecule has 0 saturated carbocycles. The van der Waals surface area contributed by atoms with Gasteiger partial charge in [0.05, 0.1) is 44.3 Å². The number of imidazole rings is 1. The lowest BCUT2D eigenvalue weighted by molar-refractivity contribution is -0.121.